The van der Waals surface area contributed by atoms with Crippen molar-refractivity contribution in [2.75, 3.05) is 18.6 Å². The van der Waals surface area contributed by atoms with E-state index >= 15 is 0 Å². The monoisotopic (exact) mass is 317 g/mol. The summed E-state index contributed by atoms with van der Waals surface area (Å²) in [6.45, 7) is 0.546. The lowest BCUT2D eigenvalue weighted by Crippen LogP contribution is -2.36. The van der Waals surface area contributed by atoms with Crippen LogP contribution in [0.4, 0.5) is 5.69 Å². The second-order valence-corrected chi connectivity index (χ2v) is 6.39. The van der Waals surface area contributed by atoms with Crippen LogP contribution in [0.1, 0.15) is 29.4 Å². The number of rotatable bonds is 4. The zero-order chi connectivity index (χ0) is 15.5. The van der Waals surface area contributed by atoms with Gasteiger partial charge < -0.3 is 14.7 Å². The van der Waals surface area contributed by atoms with Crippen LogP contribution in [0.2, 0.25) is 0 Å². The Hall–Kier alpha value is -1.85. The second kappa shape index (κ2) is 6.50. The molecule has 1 aliphatic rings. The number of aliphatic hydroxyl groups excluding tert-OH is 1. The van der Waals surface area contributed by atoms with Crippen LogP contribution in [0.3, 0.4) is 0 Å². The number of methoxy groups -OCH3 is 1. The first-order chi connectivity index (χ1) is 10.7. The summed E-state index contributed by atoms with van der Waals surface area (Å²) in [5.74, 6) is 0.790. The van der Waals surface area contributed by atoms with Crippen molar-refractivity contribution in [1.82, 2.24) is 0 Å². The third kappa shape index (κ3) is 3.00. The lowest BCUT2D eigenvalue weighted by Gasteiger charge is -2.32. The molecule has 0 bridgehead atoms. The highest BCUT2D eigenvalue weighted by Crippen LogP contribution is 2.36. The number of thiophene rings is 1. The first-order valence-corrected chi connectivity index (χ1v) is 8.26. The predicted octanol–water partition coefficient (Wildman–Crippen LogP) is 3.16. The fourth-order valence-corrected chi connectivity index (χ4v) is 3.48. The molecule has 1 amide bonds. The SMILES string of the molecule is COc1ccc2c(c1)N(C(=O)CCc1cccs1)CCC2O. The highest BCUT2D eigenvalue weighted by molar-refractivity contribution is 7.09. The molecule has 0 saturated carbocycles. The summed E-state index contributed by atoms with van der Waals surface area (Å²) in [6.07, 6.45) is 1.30. The van der Waals surface area contributed by atoms with Crippen LogP contribution < -0.4 is 9.64 Å². The molecule has 2 aromatic rings. The van der Waals surface area contributed by atoms with Gasteiger partial charge in [-0.05, 0) is 30.4 Å². The quantitative estimate of drug-likeness (QED) is 0.942. The van der Waals surface area contributed by atoms with E-state index in [0.717, 1.165) is 17.7 Å². The van der Waals surface area contributed by atoms with Gasteiger partial charge in [0.2, 0.25) is 5.91 Å². The van der Waals surface area contributed by atoms with Gasteiger partial charge in [-0.1, -0.05) is 12.1 Å². The van der Waals surface area contributed by atoms with E-state index in [1.54, 1.807) is 23.3 Å². The summed E-state index contributed by atoms with van der Waals surface area (Å²) in [6, 6.07) is 9.55. The van der Waals surface area contributed by atoms with Crippen LogP contribution >= 0.6 is 11.3 Å². The number of carbonyl (C=O) groups is 1. The Labute approximate surface area is 134 Å². The van der Waals surface area contributed by atoms with Gasteiger partial charge in [0, 0.05) is 29.5 Å². The summed E-state index contributed by atoms with van der Waals surface area (Å²) >= 11 is 1.67. The predicted molar refractivity (Wildman–Crippen MR) is 87.6 cm³/mol. The van der Waals surface area contributed by atoms with Gasteiger partial charge in [0.15, 0.2) is 0 Å². The Kier molecular flexibility index (Phi) is 4.45. The molecule has 116 valence electrons. The highest BCUT2D eigenvalue weighted by Gasteiger charge is 2.27. The maximum atomic E-state index is 12.6. The number of nitrogens with zero attached hydrogens (tertiary/aromatic N) is 1. The Morgan fingerprint density at radius 2 is 2.32 bits per heavy atom. The molecular formula is C17H19NO3S. The lowest BCUT2D eigenvalue weighted by atomic mass is 9.98. The Balaban J connectivity index is 1.79. The second-order valence-electron chi connectivity index (χ2n) is 5.35. The van der Waals surface area contributed by atoms with Crippen molar-refractivity contribution in [3.8, 4) is 5.75 Å². The van der Waals surface area contributed by atoms with E-state index in [2.05, 4.69) is 6.07 Å². The lowest BCUT2D eigenvalue weighted by molar-refractivity contribution is -0.118. The fourth-order valence-electron chi connectivity index (χ4n) is 2.77. The van der Waals surface area contributed by atoms with Gasteiger partial charge in [0.1, 0.15) is 5.75 Å². The van der Waals surface area contributed by atoms with Gasteiger partial charge >= 0.3 is 0 Å². The smallest absolute Gasteiger partial charge is 0.227 e. The van der Waals surface area contributed by atoms with Gasteiger partial charge in [-0.15, -0.1) is 11.3 Å². The number of fused-ring (bicyclic) bond motifs is 1. The molecule has 4 nitrogen and oxygen atoms in total. The number of ether oxygens (including phenoxy) is 1. The highest BCUT2D eigenvalue weighted by atomic mass is 32.1. The molecule has 0 aliphatic carbocycles. The molecule has 1 aromatic carbocycles. The van der Waals surface area contributed by atoms with Crippen molar-refractivity contribution < 1.29 is 14.6 Å². The third-order valence-electron chi connectivity index (χ3n) is 3.98. The summed E-state index contributed by atoms with van der Waals surface area (Å²) in [4.78, 5) is 15.6. The molecule has 2 heterocycles. The number of hydrogen-bond donors (Lipinski definition) is 1. The number of aryl methyl sites for hydroxylation is 1. The summed E-state index contributed by atoms with van der Waals surface area (Å²) in [5.41, 5.74) is 1.57. The summed E-state index contributed by atoms with van der Waals surface area (Å²) < 4.78 is 5.24. The largest absolute Gasteiger partial charge is 0.497 e. The fraction of sp³-hybridized carbons (Fsp3) is 0.353. The standard InChI is InChI=1S/C17H19NO3S/c1-21-12-4-6-14-15(11-12)18(9-8-16(14)19)17(20)7-5-13-3-2-10-22-13/h2-4,6,10-11,16,19H,5,7-9H2,1H3. The van der Waals surface area contributed by atoms with Crippen LogP contribution in [0.15, 0.2) is 35.7 Å². The van der Waals surface area contributed by atoms with Crippen LogP contribution in [-0.4, -0.2) is 24.7 Å². The van der Waals surface area contributed by atoms with Crippen molar-refractivity contribution in [1.29, 1.82) is 0 Å². The molecule has 5 heteroatoms. The zero-order valence-corrected chi connectivity index (χ0v) is 13.3. The maximum absolute atomic E-state index is 12.6. The molecule has 0 fully saturated rings. The van der Waals surface area contributed by atoms with Gasteiger partial charge in [0.05, 0.1) is 18.9 Å². The molecule has 22 heavy (non-hydrogen) atoms. The average Bonchev–Trinajstić information content (AvgIpc) is 3.06. The Bertz CT molecular complexity index is 654. The molecule has 0 spiro atoms. The van der Waals surface area contributed by atoms with Gasteiger partial charge in [-0.3, -0.25) is 4.79 Å². The zero-order valence-electron chi connectivity index (χ0n) is 12.5. The molecule has 0 radical (unpaired) electrons. The van der Waals surface area contributed by atoms with Crippen LogP contribution in [0, 0.1) is 0 Å². The molecular weight excluding hydrogens is 298 g/mol. The third-order valence-corrected chi connectivity index (χ3v) is 4.92. The van der Waals surface area contributed by atoms with E-state index in [4.69, 9.17) is 4.74 Å². The van der Waals surface area contributed by atoms with Crippen LogP contribution in [0.25, 0.3) is 0 Å². The minimum atomic E-state index is -0.512. The van der Waals surface area contributed by atoms with Crippen molar-refractivity contribution in [2.24, 2.45) is 0 Å². The molecule has 3 rings (SSSR count). The van der Waals surface area contributed by atoms with Crippen molar-refractivity contribution in [2.45, 2.75) is 25.4 Å². The van der Waals surface area contributed by atoms with Crippen molar-refractivity contribution in [3.05, 3.63) is 46.2 Å². The molecule has 1 N–H and O–H groups in total. The van der Waals surface area contributed by atoms with Crippen LogP contribution in [0.5, 0.6) is 5.75 Å². The minimum absolute atomic E-state index is 0.0924. The van der Waals surface area contributed by atoms with E-state index in [9.17, 15) is 9.90 Å². The number of hydrogen-bond acceptors (Lipinski definition) is 4. The summed E-state index contributed by atoms with van der Waals surface area (Å²) in [5, 5.41) is 12.2. The van der Waals surface area contributed by atoms with Crippen LogP contribution in [-0.2, 0) is 11.2 Å². The minimum Gasteiger partial charge on any atom is -0.497 e. The molecule has 1 aliphatic heterocycles. The van der Waals surface area contributed by atoms with E-state index in [-0.39, 0.29) is 5.91 Å². The number of aliphatic hydroxyl groups is 1. The van der Waals surface area contributed by atoms with Gasteiger partial charge in [0.25, 0.3) is 0 Å². The van der Waals surface area contributed by atoms with Crippen molar-refractivity contribution >= 4 is 22.9 Å². The number of anilines is 1. The molecule has 0 saturated heterocycles. The molecule has 1 aromatic heterocycles. The first kappa shape index (κ1) is 15.1. The van der Waals surface area contributed by atoms with Gasteiger partial charge in [-0.25, -0.2) is 0 Å². The molecule has 1 unspecified atom stereocenters. The topological polar surface area (TPSA) is 49.8 Å². The first-order valence-electron chi connectivity index (χ1n) is 7.38. The average molecular weight is 317 g/mol. The normalized spacial score (nSPS) is 17.2. The number of carbonyl (C=O) groups excluding carboxylic acids is 1. The number of benzene rings is 1. The van der Waals surface area contributed by atoms with E-state index in [0.29, 0.717) is 25.1 Å². The Morgan fingerprint density at radius 3 is 3.05 bits per heavy atom. The van der Waals surface area contributed by atoms with Gasteiger partial charge in [-0.2, -0.15) is 0 Å². The van der Waals surface area contributed by atoms with E-state index in [1.807, 2.05) is 29.6 Å². The van der Waals surface area contributed by atoms with E-state index < -0.39 is 6.10 Å². The number of amides is 1. The Morgan fingerprint density at radius 1 is 1.45 bits per heavy atom. The summed E-state index contributed by atoms with van der Waals surface area (Å²) in [7, 11) is 1.60. The van der Waals surface area contributed by atoms with Crippen molar-refractivity contribution in [3.63, 3.8) is 0 Å². The molecule has 1 atom stereocenters. The van der Waals surface area contributed by atoms with E-state index in [1.165, 1.54) is 4.88 Å². The maximum Gasteiger partial charge on any atom is 0.227 e.